The van der Waals surface area contributed by atoms with Gasteiger partial charge >= 0.3 is 5.97 Å². The minimum atomic E-state index is -1.43. The molecule has 1 N–H and O–H groups in total. The molecule has 0 atom stereocenters. The Labute approximate surface area is 135 Å². The normalized spacial score (nSPS) is 11.1. The standard InChI is InChI=1S/C18H20O3S/c1-13-9-8-10-14(15(19)17(20)21)16(13)22-12-7-5-6-11-18(2,3)4/h5,7-10H,12H2,1-4H3,(H,20,21)/b7-5+. The van der Waals surface area contributed by atoms with Crippen molar-refractivity contribution in [3.8, 4) is 11.8 Å². The number of carboxylic acid groups (broad SMARTS) is 1. The second kappa shape index (κ2) is 7.86. The van der Waals surface area contributed by atoms with E-state index in [2.05, 4.69) is 11.8 Å². The van der Waals surface area contributed by atoms with Crippen LogP contribution in [0, 0.1) is 24.2 Å². The molecule has 0 fully saturated rings. The molecule has 116 valence electrons. The zero-order valence-electron chi connectivity index (χ0n) is 13.3. The Morgan fingerprint density at radius 3 is 2.59 bits per heavy atom. The lowest BCUT2D eigenvalue weighted by molar-refractivity contribution is -0.131. The van der Waals surface area contributed by atoms with Crippen LogP contribution in [0.2, 0.25) is 0 Å². The number of ketones is 1. The van der Waals surface area contributed by atoms with E-state index in [1.807, 2.05) is 39.8 Å². The number of allylic oxidation sites excluding steroid dienone is 1. The van der Waals surface area contributed by atoms with E-state index in [1.165, 1.54) is 11.8 Å². The van der Waals surface area contributed by atoms with E-state index in [0.717, 1.165) is 5.56 Å². The first kappa shape index (κ1) is 18.1. The molecule has 1 aromatic carbocycles. The van der Waals surface area contributed by atoms with E-state index in [-0.39, 0.29) is 11.0 Å². The number of aryl methyl sites for hydroxylation is 1. The van der Waals surface area contributed by atoms with E-state index >= 15 is 0 Å². The van der Waals surface area contributed by atoms with Crippen molar-refractivity contribution in [2.45, 2.75) is 32.6 Å². The van der Waals surface area contributed by atoms with Crippen LogP contribution in [0.1, 0.15) is 36.7 Å². The van der Waals surface area contributed by atoms with Crippen LogP contribution in [-0.4, -0.2) is 22.6 Å². The molecule has 0 saturated carbocycles. The van der Waals surface area contributed by atoms with E-state index in [1.54, 1.807) is 18.2 Å². The molecule has 0 aromatic heterocycles. The Morgan fingerprint density at radius 2 is 2.00 bits per heavy atom. The second-order valence-electron chi connectivity index (χ2n) is 5.82. The Bertz CT molecular complexity index is 655. The third-order valence-electron chi connectivity index (χ3n) is 2.62. The minimum absolute atomic E-state index is 0.0332. The molecule has 0 aliphatic carbocycles. The van der Waals surface area contributed by atoms with Gasteiger partial charge in [0.15, 0.2) is 0 Å². The zero-order valence-corrected chi connectivity index (χ0v) is 14.1. The third kappa shape index (κ3) is 5.79. The van der Waals surface area contributed by atoms with Gasteiger partial charge in [-0.1, -0.05) is 30.0 Å². The SMILES string of the molecule is Cc1cccc(C(=O)C(=O)O)c1SC/C=C/C#CC(C)(C)C. The maximum atomic E-state index is 11.7. The van der Waals surface area contributed by atoms with E-state index < -0.39 is 11.8 Å². The lowest BCUT2D eigenvalue weighted by Crippen LogP contribution is -2.14. The van der Waals surface area contributed by atoms with Crippen molar-refractivity contribution in [3.63, 3.8) is 0 Å². The first-order valence-corrected chi connectivity index (χ1v) is 7.88. The van der Waals surface area contributed by atoms with Gasteiger partial charge in [-0.2, -0.15) is 0 Å². The number of carbonyl (C=O) groups is 2. The molecular weight excluding hydrogens is 296 g/mol. The Balaban J connectivity index is 2.82. The Kier molecular flexibility index (Phi) is 6.45. The Morgan fingerprint density at radius 1 is 1.32 bits per heavy atom. The number of carboxylic acids is 1. The van der Waals surface area contributed by atoms with Gasteiger partial charge in [-0.05, 0) is 45.4 Å². The molecular formula is C18H20O3S. The largest absolute Gasteiger partial charge is 0.475 e. The number of Topliss-reactive ketones (excluding diaryl/α,β-unsaturated/α-hetero) is 1. The van der Waals surface area contributed by atoms with Gasteiger partial charge in [-0.15, -0.1) is 11.8 Å². The number of benzene rings is 1. The number of aliphatic carboxylic acids is 1. The van der Waals surface area contributed by atoms with Gasteiger partial charge in [0.05, 0.1) is 0 Å². The van der Waals surface area contributed by atoms with Crippen molar-refractivity contribution in [3.05, 3.63) is 41.5 Å². The summed E-state index contributed by atoms with van der Waals surface area (Å²) in [4.78, 5) is 23.3. The van der Waals surface area contributed by atoms with Gasteiger partial charge in [0.2, 0.25) is 0 Å². The van der Waals surface area contributed by atoms with Crippen molar-refractivity contribution in [2.24, 2.45) is 5.41 Å². The van der Waals surface area contributed by atoms with Crippen LogP contribution in [0.5, 0.6) is 0 Å². The predicted octanol–water partition coefficient (Wildman–Crippen LogP) is 3.96. The zero-order chi connectivity index (χ0) is 16.8. The fourth-order valence-corrected chi connectivity index (χ4v) is 2.61. The fraction of sp³-hybridized carbons (Fsp3) is 0.333. The van der Waals surface area contributed by atoms with Gasteiger partial charge in [0.1, 0.15) is 0 Å². The van der Waals surface area contributed by atoms with Gasteiger partial charge in [0.25, 0.3) is 5.78 Å². The molecule has 1 rings (SSSR count). The first-order chi connectivity index (χ1) is 10.2. The van der Waals surface area contributed by atoms with Crippen LogP contribution in [-0.2, 0) is 4.79 Å². The maximum Gasteiger partial charge on any atom is 0.377 e. The van der Waals surface area contributed by atoms with Crippen LogP contribution >= 0.6 is 11.8 Å². The van der Waals surface area contributed by atoms with Gasteiger partial charge in [-0.3, -0.25) is 4.79 Å². The monoisotopic (exact) mass is 316 g/mol. The molecule has 0 amide bonds. The number of thioether (sulfide) groups is 1. The number of hydrogen-bond donors (Lipinski definition) is 1. The highest BCUT2D eigenvalue weighted by molar-refractivity contribution is 7.99. The molecule has 0 aliphatic heterocycles. The average Bonchev–Trinajstić information content (AvgIpc) is 2.41. The molecule has 0 aliphatic rings. The summed E-state index contributed by atoms with van der Waals surface area (Å²) in [5, 5.41) is 8.88. The summed E-state index contributed by atoms with van der Waals surface area (Å²) in [5.74, 6) is 4.40. The summed E-state index contributed by atoms with van der Waals surface area (Å²) < 4.78 is 0. The lowest BCUT2D eigenvalue weighted by atomic mass is 9.98. The minimum Gasteiger partial charge on any atom is -0.475 e. The molecule has 0 saturated heterocycles. The van der Waals surface area contributed by atoms with Crippen LogP contribution in [0.25, 0.3) is 0 Å². The highest BCUT2D eigenvalue weighted by Gasteiger charge is 2.19. The predicted molar refractivity (Wildman–Crippen MR) is 90.2 cm³/mol. The number of rotatable bonds is 5. The molecule has 0 bridgehead atoms. The second-order valence-corrected chi connectivity index (χ2v) is 6.85. The fourth-order valence-electron chi connectivity index (χ4n) is 1.63. The van der Waals surface area contributed by atoms with Crippen LogP contribution < -0.4 is 0 Å². The number of carbonyl (C=O) groups excluding carboxylic acids is 1. The molecule has 4 heteroatoms. The van der Waals surface area contributed by atoms with Crippen molar-refractivity contribution >= 4 is 23.5 Å². The summed E-state index contributed by atoms with van der Waals surface area (Å²) in [6.07, 6.45) is 3.69. The highest BCUT2D eigenvalue weighted by Crippen LogP contribution is 2.27. The summed E-state index contributed by atoms with van der Waals surface area (Å²) in [7, 11) is 0. The van der Waals surface area contributed by atoms with E-state index in [4.69, 9.17) is 5.11 Å². The van der Waals surface area contributed by atoms with Crippen molar-refractivity contribution < 1.29 is 14.7 Å². The topological polar surface area (TPSA) is 54.4 Å². The van der Waals surface area contributed by atoms with Crippen LogP contribution in [0.15, 0.2) is 35.2 Å². The van der Waals surface area contributed by atoms with Crippen LogP contribution in [0.3, 0.4) is 0 Å². The molecule has 22 heavy (non-hydrogen) atoms. The molecule has 0 radical (unpaired) electrons. The summed E-state index contributed by atoms with van der Waals surface area (Å²) in [6, 6.07) is 5.11. The third-order valence-corrected chi connectivity index (χ3v) is 3.81. The van der Waals surface area contributed by atoms with Gasteiger partial charge in [-0.25, -0.2) is 4.79 Å². The van der Waals surface area contributed by atoms with Crippen molar-refractivity contribution in [1.82, 2.24) is 0 Å². The first-order valence-electron chi connectivity index (χ1n) is 6.90. The maximum absolute atomic E-state index is 11.7. The van der Waals surface area contributed by atoms with E-state index in [0.29, 0.717) is 10.6 Å². The van der Waals surface area contributed by atoms with Crippen molar-refractivity contribution in [1.29, 1.82) is 0 Å². The average molecular weight is 316 g/mol. The van der Waals surface area contributed by atoms with Crippen LogP contribution in [0.4, 0.5) is 0 Å². The summed E-state index contributed by atoms with van der Waals surface area (Å²) >= 11 is 1.44. The molecule has 0 spiro atoms. The number of hydrogen-bond acceptors (Lipinski definition) is 3. The summed E-state index contributed by atoms with van der Waals surface area (Å²) in [5.41, 5.74) is 1.10. The molecule has 0 heterocycles. The molecule has 0 unspecified atom stereocenters. The Hall–Kier alpha value is -1.99. The van der Waals surface area contributed by atoms with E-state index in [9.17, 15) is 9.59 Å². The molecule has 3 nitrogen and oxygen atoms in total. The summed E-state index contributed by atoms with van der Waals surface area (Å²) in [6.45, 7) is 7.99. The van der Waals surface area contributed by atoms with Gasteiger partial charge < -0.3 is 5.11 Å². The van der Waals surface area contributed by atoms with Crippen molar-refractivity contribution in [2.75, 3.05) is 5.75 Å². The van der Waals surface area contributed by atoms with Gasteiger partial charge in [0, 0.05) is 21.6 Å². The highest BCUT2D eigenvalue weighted by atomic mass is 32.2. The molecule has 1 aromatic rings. The smallest absolute Gasteiger partial charge is 0.377 e. The lowest BCUT2D eigenvalue weighted by Gasteiger charge is -2.08. The quantitative estimate of drug-likeness (QED) is 0.387.